The van der Waals surface area contributed by atoms with Crippen molar-refractivity contribution >= 4 is 136 Å². The van der Waals surface area contributed by atoms with Crippen LogP contribution in [0.3, 0.4) is 0 Å². The molecule has 0 aliphatic heterocycles. The van der Waals surface area contributed by atoms with E-state index in [0.717, 1.165) is 0 Å². The first-order valence-electron chi connectivity index (χ1n) is 0. The molecule has 0 aromatic heterocycles. The Morgan fingerprint density at radius 2 is 1.12 bits per heavy atom. The van der Waals surface area contributed by atoms with Gasteiger partial charge in [0.15, 0.2) is 0 Å². The van der Waals surface area contributed by atoms with E-state index in [2.05, 4.69) is 0 Å². The molecule has 0 aromatic rings. The van der Waals surface area contributed by atoms with Crippen molar-refractivity contribution in [1.29, 1.82) is 0 Å². The van der Waals surface area contributed by atoms with Crippen LogP contribution in [0.2, 0.25) is 0 Å². The molecule has 8 heteroatoms. The molecule has 0 spiro atoms. The first-order valence-corrected chi connectivity index (χ1v) is 0. The van der Waals surface area contributed by atoms with Crippen LogP contribution in [-0.2, 0) is 40.5 Å². The zero-order valence-corrected chi connectivity index (χ0v) is 18.5. The second kappa shape index (κ2) is 54.0. The predicted molar refractivity (Wildman–Crippen MR) is 52.7 cm³/mol. The summed E-state index contributed by atoms with van der Waals surface area (Å²) in [5, 5.41) is 0. The van der Waals surface area contributed by atoms with Crippen molar-refractivity contribution in [3.05, 3.63) is 0 Å². The van der Waals surface area contributed by atoms with Crippen LogP contribution in [-0.4, -0.2) is 126 Å². The Balaban J connectivity index is 0. The maximum absolute atomic E-state index is 0. The number of rotatable bonds is 0. The van der Waals surface area contributed by atoms with Crippen molar-refractivity contribution in [1.82, 2.24) is 0 Å². The minimum Gasteiger partial charge on any atom is 0 e. The molecule has 0 N–H and O–H groups in total. The van der Waals surface area contributed by atoms with Gasteiger partial charge in [-0.15, -0.1) is 0 Å². The van der Waals surface area contributed by atoms with Gasteiger partial charge in [-0.1, -0.05) is 0 Å². The number of hydrogen-bond acceptors (Lipinski definition) is 0. The van der Waals surface area contributed by atoms with Gasteiger partial charge in [-0.25, -0.2) is 0 Å². The summed E-state index contributed by atoms with van der Waals surface area (Å²) >= 11 is 0. The standard InChI is InChI=1S/B.Ca.GeH4.Mo.H3P.H2Se.Sr.Zn.4H/h;;1H4;;1H3;1H2;;;;;;/q;+2;;;;;+2;;4*-1. The molecule has 0 fully saturated rings. The Kier molecular flexibility index (Phi) is 464. The molecule has 0 heterocycles. The van der Waals surface area contributed by atoms with Crippen LogP contribution in [0.15, 0.2) is 0 Å². The molecule has 1 atom stereocenters. The molecular weight excluding hydrogens is 482 g/mol. The van der Waals surface area contributed by atoms with E-state index in [1.165, 1.54) is 0 Å². The fraction of sp³-hybridized carbons (Fsp3) is 0. The third-order valence-corrected chi connectivity index (χ3v) is 0. The SMILES string of the molecule is P.[B].[Ca+2].[GeH4].[H-].[H-].[H-].[H-].[Mo].[SeH2].[Sr+2].[Zn]. The fourth-order valence-electron chi connectivity index (χ4n) is 0. The average molecular weight is 495 g/mol. The van der Waals surface area contributed by atoms with E-state index in [-0.39, 0.29) is 182 Å². The Bertz CT molecular complexity index is 35.0. The summed E-state index contributed by atoms with van der Waals surface area (Å²) in [5.74, 6) is 0. The predicted octanol–water partition coefficient (Wildman–Crippen LogP) is -3.01. The average Bonchev–Trinajstić information content (AvgIpc) is 0. The van der Waals surface area contributed by atoms with Gasteiger partial charge in [-0.2, -0.15) is 9.90 Å². The van der Waals surface area contributed by atoms with Crippen molar-refractivity contribution in [2.75, 3.05) is 0 Å². The molecular formula is H13BCaGeMoPSeSrZn. The van der Waals surface area contributed by atoms with Crippen LogP contribution in [0.1, 0.15) is 5.71 Å². The van der Waals surface area contributed by atoms with Crippen LogP contribution >= 0.6 is 9.90 Å². The molecule has 43 valence electrons. The normalized spacial score (nSPS) is 0. The van der Waals surface area contributed by atoms with Crippen LogP contribution in [0.5, 0.6) is 0 Å². The first kappa shape index (κ1) is 68.8. The van der Waals surface area contributed by atoms with E-state index in [1.54, 1.807) is 0 Å². The second-order valence-corrected chi connectivity index (χ2v) is 0. The van der Waals surface area contributed by atoms with Crippen LogP contribution < -0.4 is 0 Å². The Labute approximate surface area is 178 Å². The van der Waals surface area contributed by atoms with Gasteiger partial charge in [0.1, 0.15) is 0 Å². The summed E-state index contributed by atoms with van der Waals surface area (Å²) in [6.45, 7) is 0. The number of hydrogen-bond donors (Lipinski definition) is 0. The van der Waals surface area contributed by atoms with Gasteiger partial charge in [0.05, 0.1) is 0 Å². The smallest absolute Gasteiger partial charge is 0 e. The van der Waals surface area contributed by atoms with Gasteiger partial charge in [0.2, 0.25) is 0 Å². The van der Waals surface area contributed by atoms with Gasteiger partial charge >= 0.3 is 118 Å². The molecule has 3 radical (unpaired) electrons. The summed E-state index contributed by atoms with van der Waals surface area (Å²) in [6.07, 6.45) is 0. The van der Waals surface area contributed by atoms with Crippen LogP contribution in [0.25, 0.3) is 0 Å². The van der Waals surface area contributed by atoms with E-state index in [0.29, 0.717) is 0 Å². The molecule has 8 heavy (non-hydrogen) atoms. The third-order valence-electron chi connectivity index (χ3n) is 0. The van der Waals surface area contributed by atoms with Crippen LogP contribution in [0, 0.1) is 0 Å². The third kappa shape index (κ3) is 41.5. The van der Waals surface area contributed by atoms with Crippen molar-refractivity contribution < 1.29 is 46.2 Å². The van der Waals surface area contributed by atoms with Crippen LogP contribution in [0.4, 0.5) is 0 Å². The van der Waals surface area contributed by atoms with Gasteiger partial charge < -0.3 is 5.71 Å². The molecule has 0 aliphatic rings. The van der Waals surface area contributed by atoms with Gasteiger partial charge in [0, 0.05) is 49.0 Å². The van der Waals surface area contributed by atoms with E-state index >= 15 is 0 Å². The topological polar surface area (TPSA) is 0 Å². The monoisotopic (exact) mass is 499 g/mol. The van der Waals surface area contributed by atoms with Crippen molar-refractivity contribution in [2.45, 2.75) is 0 Å². The quantitative estimate of drug-likeness (QED) is 0.248. The maximum atomic E-state index is 0. The molecule has 0 nitrogen and oxygen atoms in total. The van der Waals surface area contributed by atoms with Gasteiger partial charge in [-0.3, -0.25) is 0 Å². The van der Waals surface area contributed by atoms with E-state index in [4.69, 9.17) is 0 Å². The molecule has 0 rings (SSSR count). The van der Waals surface area contributed by atoms with Crippen molar-refractivity contribution in [2.24, 2.45) is 0 Å². The molecule has 0 bridgehead atoms. The summed E-state index contributed by atoms with van der Waals surface area (Å²) in [6, 6.07) is 0. The Hall–Kier alpha value is 5.61. The summed E-state index contributed by atoms with van der Waals surface area (Å²) < 4.78 is 0. The van der Waals surface area contributed by atoms with E-state index < -0.39 is 0 Å². The van der Waals surface area contributed by atoms with Crippen molar-refractivity contribution in [3.8, 4) is 0 Å². The van der Waals surface area contributed by atoms with E-state index in [1.807, 2.05) is 0 Å². The molecule has 0 saturated heterocycles. The fourth-order valence-corrected chi connectivity index (χ4v) is 0. The molecule has 1 unspecified atom stereocenters. The minimum absolute atomic E-state index is 0. The summed E-state index contributed by atoms with van der Waals surface area (Å²) in [7, 11) is 0. The first-order chi connectivity index (χ1) is 0. The molecule has 0 aliphatic carbocycles. The summed E-state index contributed by atoms with van der Waals surface area (Å²) in [5.41, 5.74) is 0. The minimum atomic E-state index is 0. The van der Waals surface area contributed by atoms with Crippen molar-refractivity contribution in [3.63, 3.8) is 0 Å². The zero-order chi connectivity index (χ0) is 0. The Morgan fingerprint density at radius 1 is 1.12 bits per heavy atom. The molecule has 0 saturated carbocycles. The second-order valence-electron chi connectivity index (χ2n) is 0. The van der Waals surface area contributed by atoms with Gasteiger partial charge in [0.25, 0.3) is 0 Å². The Morgan fingerprint density at radius 3 is 1.12 bits per heavy atom. The molecule has 0 amide bonds. The van der Waals surface area contributed by atoms with E-state index in [9.17, 15) is 0 Å². The zero-order valence-electron chi connectivity index (χ0n) is 8.31. The van der Waals surface area contributed by atoms with Gasteiger partial charge in [-0.05, 0) is 0 Å². The molecule has 0 aromatic carbocycles. The maximum Gasteiger partial charge on any atom is 2.00 e. The largest absolute Gasteiger partial charge is 2.00 e. The summed E-state index contributed by atoms with van der Waals surface area (Å²) in [4.78, 5) is 0.